The first-order chi connectivity index (χ1) is 6.26. The van der Waals surface area contributed by atoms with Gasteiger partial charge in [-0.15, -0.1) is 0 Å². The van der Waals surface area contributed by atoms with Crippen molar-refractivity contribution in [3.63, 3.8) is 0 Å². The third kappa shape index (κ3) is 2.50. The van der Waals surface area contributed by atoms with Crippen molar-refractivity contribution in [2.45, 2.75) is 65.9 Å². The van der Waals surface area contributed by atoms with Crippen molar-refractivity contribution < 1.29 is 5.11 Å². The zero-order chi connectivity index (χ0) is 11.0. The smallest absolute Gasteiger partial charge is 0.0670 e. The maximum Gasteiger partial charge on any atom is 0.0670 e. The third-order valence-electron chi connectivity index (χ3n) is 4.20. The van der Waals surface area contributed by atoms with Gasteiger partial charge in [-0.1, -0.05) is 34.1 Å². The largest absolute Gasteiger partial charge is 0.390 e. The van der Waals surface area contributed by atoms with Gasteiger partial charge in [0.1, 0.15) is 0 Å². The van der Waals surface area contributed by atoms with Gasteiger partial charge in [0, 0.05) is 0 Å². The summed E-state index contributed by atoms with van der Waals surface area (Å²) in [6.07, 6.45) is 4.98. The molecule has 0 aromatic carbocycles. The molecule has 0 aliphatic heterocycles. The van der Waals surface area contributed by atoms with Gasteiger partial charge in [0.05, 0.1) is 5.60 Å². The summed E-state index contributed by atoms with van der Waals surface area (Å²) in [5.74, 6) is 0.854. The Balaban J connectivity index is 2.69. The molecule has 1 N–H and O–H groups in total. The van der Waals surface area contributed by atoms with Crippen LogP contribution >= 0.6 is 0 Å². The Hall–Kier alpha value is -0.0400. The van der Waals surface area contributed by atoms with Gasteiger partial charge in [0.25, 0.3) is 0 Å². The lowest BCUT2D eigenvalue weighted by Crippen LogP contribution is -2.43. The van der Waals surface area contributed by atoms with E-state index in [9.17, 15) is 5.11 Å². The molecule has 1 nitrogen and oxygen atoms in total. The Morgan fingerprint density at radius 2 is 1.93 bits per heavy atom. The van der Waals surface area contributed by atoms with Crippen LogP contribution in [0, 0.1) is 17.3 Å². The molecule has 0 radical (unpaired) electrons. The number of rotatable bonds is 2. The maximum absolute atomic E-state index is 10.4. The highest BCUT2D eigenvalue weighted by molar-refractivity contribution is 4.91. The Morgan fingerprint density at radius 3 is 2.36 bits per heavy atom. The molecule has 2 atom stereocenters. The van der Waals surface area contributed by atoms with Crippen LogP contribution in [0.4, 0.5) is 0 Å². The average molecular weight is 198 g/mol. The lowest BCUT2D eigenvalue weighted by molar-refractivity contribution is -0.0711. The van der Waals surface area contributed by atoms with E-state index in [0.29, 0.717) is 17.3 Å². The quantitative estimate of drug-likeness (QED) is 0.718. The van der Waals surface area contributed by atoms with Gasteiger partial charge in [0.15, 0.2) is 0 Å². The molecule has 1 rings (SSSR count). The monoisotopic (exact) mass is 198 g/mol. The molecule has 0 saturated heterocycles. The Bertz CT molecular complexity index is 191. The first kappa shape index (κ1) is 12.0. The SMILES string of the molecule is CC(C)C(C)(O)C1CCCC(C)(C)C1. The summed E-state index contributed by atoms with van der Waals surface area (Å²) in [4.78, 5) is 0. The lowest BCUT2D eigenvalue weighted by atomic mass is 9.65. The Kier molecular flexibility index (Phi) is 3.30. The van der Waals surface area contributed by atoms with Gasteiger partial charge in [0.2, 0.25) is 0 Å². The van der Waals surface area contributed by atoms with E-state index >= 15 is 0 Å². The van der Waals surface area contributed by atoms with E-state index in [1.54, 1.807) is 0 Å². The molecule has 1 aliphatic rings. The average Bonchev–Trinajstić information content (AvgIpc) is 2.02. The van der Waals surface area contributed by atoms with Gasteiger partial charge in [-0.2, -0.15) is 0 Å². The molecule has 1 fully saturated rings. The second-order valence-electron chi connectivity index (χ2n) is 6.34. The fraction of sp³-hybridized carbons (Fsp3) is 1.00. The summed E-state index contributed by atoms with van der Waals surface area (Å²) in [5.41, 5.74) is -0.0422. The van der Waals surface area contributed by atoms with Crippen LogP contribution in [0.15, 0.2) is 0 Å². The molecular weight excluding hydrogens is 172 g/mol. The molecule has 14 heavy (non-hydrogen) atoms. The highest BCUT2D eigenvalue weighted by Gasteiger charge is 2.40. The van der Waals surface area contributed by atoms with Crippen molar-refractivity contribution in [3.05, 3.63) is 0 Å². The summed E-state index contributed by atoms with van der Waals surface area (Å²) in [6, 6.07) is 0. The van der Waals surface area contributed by atoms with Gasteiger partial charge in [-0.05, 0) is 43.4 Å². The Morgan fingerprint density at radius 1 is 1.36 bits per heavy atom. The molecule has 0 aromatic heterocycles. The second kappa shape index (κ2) is 3.84. The van der Waals surface area contributed by atoms with Crippen molar-refractivity contribution in [1.29, 1.82) is 0 Å². The maximum atomic E-state index is 10.4. The summed E-state index contributed by atoms with van der Waals surface area (Å²) >= 11 is 0. The number of hydrogen-bond acceptors (Lipinski definition) is 1. The fourth-order valence-corrected chi connectivity index (χ4v) is 2.67. The van der Waals surface area contributed by atoms with Crippen LogP contribution in [0.1, 0.15) is 60.3 Å². The molecular formula is C13H26O. The summed E-state index contributed by atoms with van der Waals surface area (Å²) in [5, 5.41) is 10.4. The third-order valence-corrected chi connectivity index (χ3v) is 4.20. The number of hydrogen-bond donors (Lipinski definition) is 1. The predicted octanol–water partition coefficient (Wildman–Crippen LogP) is 3.61. The molecule has 0 amide bonds. The number of aliphatic hydroxyl groups is 1. The van der Waals surface area contributed by atoms with Crippen LogP contribution in [-0.2, 0) is 0 Å². The van der Waals surface area contributed by atoms with Crippen LogP contribution in [0.5, 0.6) is 0 Å². The molecule has 0 aromatic rings. The van der Waals surface area contributed by atoms with E-state index in [2.05, 4.69) is 27.7 Å². The molecule has 1 saturated carbocycles. The van der Waals surface area contributed by atoms with Gasteiger partial charge >= 0.3 is 0 Å². The van der Waals surface area contributed by atoms with Crippen molar-refractivity contribution in [1.82, 2.24) is 0 Å². The van der Waals surface area contributed by atoms with E-state index in [4.69, 9.17) is 0 Å². The Labute approximate surface area is 88.9 Å². The van der Waals surface area contributed by atoms with E-state index in [0.717, 1.165) is 0 Å². The molecule has 2 unspecified atom stereocenters. The van der Waals surface area contributed by atoms with Crippen LogP contribution in [0.2, 0.25) is 0 Å². The minimum absolute atomic E-state index is 0.362. The van der Waals surface area contributed by atoms with Gasteiger partial charge < -0.3 is 5.11 Å². The van der Waals surface area contributed by atoms with Crippen LogP contribution < -0.4 is 0 Å². The van der Waals surface area contributed by atoms with E-state index in [-0.39, 0.29) is 0 Å². The van der Waals surface area contributed by atoms with Crippen LogP contribution in [0.3, 0.4) is 0 Å². The van der Waals surface area contributed by atoms with Crippen molar-refractivity contribution >= 4 is 0 Å². The zero-order valence-electron chi connectivity index (χ0n) is 10.4. The van der Waals surface area contributed by atoms with Gasteiger partial charge in [-0.25, -0.2) is 0 Å². The lowest BCUT2D eigenvalue weighted by Gasteiger charge is -2.44. The summed E-state index contributed by atoms with van der Waals surface area (Å²) in [7, 11) is 0. The highest BCUT2D eigenvalue weighted by Crippen LogP contribution is 2.44. The molecule has 0 heterocycles. The second-order valence-corrected chi connectivity index (χ2v) is 6.34. The normalized spacial score (nSPS) is 31.5. The molecule has 0 bridgehead atoms. The topological polar surface area (TPSA) is 20.2 Å². The zero-order valence-corrected chi connectivity index (χ0v) is 10.4. The predicted molar refractivity (Wildman–Crippen MR) is 61.2 cm³/mol. The molecule has 84 valence electrons. The van der Waals surface area contributed by atoms with Gasteiger partial charge in [-0.3, -0.25) is 0 Å². The van der Waals surface area contributed by atoms with Crippen molar-refractivity contribution in [2.75, 3.05) is 0 Å². The van der Waals surface area contributed by atoms with Crippen molar-refractivity contribution in [2.24, 2.45) is 17.3 Å². The molecule has 1 aliphatic carbocycles. The first-order valence-corrected chi connectivity index (χ1v) is 5.98. The van der Waals surface area contributed by atoms with E-state index in [1.807, 2.05) is 6.92 Å². The van der Waals surface area contributed by atoms with Crippen molar-refractivity contribution in [3.8, 4) is 0 Å². The summed E-state index contributed by atoms with van der Waals surface area (Å²) < 4.78 is 0. The highest BCUT2D eigenvalue weighted by atomic mass is 16.3. The fourth-order valence-electron chi connectivity index (χ4n) is 2.67. The minimum Gasteiger partial charge on any atom is -0.390 e. The summed E-state index contributed by atoms with van der Waals surface area (Å²) in [6.45, 7) is 10.9. The molecule has 1 heteroatoms. The van der Waals surface area contributed by atoms with Crippen LogP contribution in [-0.4, -0.2) is 10.7 Å². The minimum atomic E-state index is -0.475. The molecule has 0 spiro atoms. The van der Waals surface area contributed by atoms with Crippen LogP contribution in [0.25, 0.3) is 0 Å². The first-order valence-electron chi connectivity index (χ1n) is 5.98. The van der Waals surface area contributed by atoms with E-state index < -0.39 is 5.60 Å². The van der Waals surface area contributed by atoms with E-state index in [1.165, 1.54) is 25.7 Å². The standard InChI is InChI=1S/C13H26O/c1-10(2)13(5,14)11-7-6-8-12(3,4)9-11/h10-11,14H,6-9H2,1-5H3.